The Hall–Kier alpha value is -4.02. The number of aryl methyl sites for hydroxylation is 2. The average molecular weight is 397 g/mol. The molecule has 29 heavy (non-hydrogen) atoms. The van der Waals surface area contributed by atoms with Crippen LogP contribution in [0.1, 0.15) is 27.6 Å². The molecule has 2 aromatic heterocycles. The van der Waals surface area contributed by atoms with Gasteiger partial charge in [0.05, 0.1) is 13.3 Å². The minimum atomic E-state index is -0.596. The van der Waals surface area contributed by atoms with Crippen LogP contribution in [0.5, 0.6) is 11.5 Å². The second-order valence-electron chi connectivity index (χ2n) is 6.05. The molecule has 3 rings (SSSR count). The highest BCUT2D eigenvalue weighted by Crippen LogP contribution is 2.27. The van der Waals surface area contributed by atoms with Gasteiger partial charge in [-0.2, -0.15) is 10.1 Å². The van der Waals surface area contributed by atoms with Gasteiger partial charge in [-0.3, -0.25) is 9.59 Å². The molecule has 0 aliphatic carbocycles. The molecule has 2 heterocycles. The van der Waals surface area contributed by atoms with Gasteiger partial charge in [-0.05, 0) is 43.7 Å². The van der Waals surface area contributed by atoms with Crippen molar-refractivity contribution in [3.8, 4) is 11.5 Å². The Morgan fingerprint density at radius 1 is 1.24 bits per heavy atom. The molecule has 0 saturated carbocycles. The third-order valence-electron chi connectivity index (χ3n) is 3.76. The maximum atomic E-state index is 12.2. The summed E-state index contributed by atoms with van der Waals surface area (Å²) < 4.78 is 12.0. The minimum absolute atomic E-state index is 0.0452. The van der Waals surface area contributed by atoms with Crippen molar-refractivity contribution >= 4 is 23.8 Å². The number of rotatable bonds is 7. The second-order valence-corrected chi connectivity index (χ2v) is 6.05. The monoisotopic (exact) mass is 397 g/mol. The predicted molar refractivity (Wildman–Crippen MR) is 103 cm³/mol. The van der Waals surface area contributed by atoms with Gasteiger partial charge < -0.3 is 15.2 Å². The normalized spacial score (nSPS) is 11.0. The summed E-state index contributed by atoms with van der Waals surface area (Å²) in [5.74, 6) is -0.122. The lowest BCUT2D eigenvalue weighted by Crippen LogP contribution is -2.20. The highest BCUT2D eigenvalue weighted by Gasteiger charge is 2.14. The third kappa shape index (κ3) is 4.64. The van der Waals surface area contributed by atoms with Gasteiger partial charge in [0.2, 0.25) is 5.82 Å². The molecule has 0 spiro atoms. The van der Waals surface area contributed by atoms with Crippen LogP contribution in [0, 0.1) is 13.8 Å². The second kappa shape index (κ2) is 8.33. The summed E-state index contributed by atoms with van der Waals surface area (Å²) in [6, 6.07) is 6.75. The van der Waals surface area contributed by atoms with Crippen molar-refractivity contribution in [1.29, 1.82) is 0 Å². The van der Waals surface area contributed by atoms with Crippen LogP contribution in [-0.4, -0.2) is 51.3 Å². The molecule has 0 bridgehead atoms. The zero-order chi connectivity index (χ0) is 21.0. The summed E-state index contributed by atoms with van der Waals surface area (Å²) in [7, 11) is 1.46. The van der Waals surface area contributed by atoms with E-state index >= 15 is 0 Å². The average Bonchev–Trinajstić information content (AvgIpc) is 3.11. The van der Waals surface area contributed by atoms with E-state index in [4.69, 9.17) is 15.2 Å². The fraction of sp³-hybridized carbons (Fsp3) is 0.222. The van der Waals surface area contributed by atoms with E-state index in [1.54, 1.807) is 18.2 Å². The zero-order valence-electron chi connectivity index (χ0n) is 16.0. The van der Waals surface area contributed by atoms with Crippen molar-refractivity contribution in [2.24, 2.45) is 10.8 Å². The highest BCUT2D eigenvalue weighted by molar-refractivity contribution is 5.92. The van der Waals surface area contributed by atoms with Gasteiger partial charge in [0.15, 0.2) is 18.1 Å². The number of fused-ring (bicyclic) bond motifs is 1. The van der Waals surface area contributed by atoms with Gasteiger partial charge in [-0.1, -0.05) is 0 Å². The van der Waals surface area contributed by atoms with Crippen LogP contribution in [0.3, 0.4) is 0 Å². The molecule has 11 nitrogen and oxygen atoms in total. The molecule has 3 aromatic rings. The number of benzene rings is 1. The number of hydrogen-bond donors (Lipinski definition) is 2. The van der Waals surface area contributed by atoms with Gasteiger partial charge in [-0.25, -0.2) is 14.9 Å². The van der Waals surface area contributed by atoms with Crippen molar-refractivity contribution in [1.82, 2.24) is 25.0 Å². The number of methoxy groups -OCH3 is 1. The van der Waals surface area contributed by atoms with Crippen molar-refractivity contribution in [2.45, 2.75) is 13.8 Å². The molecule has 0 saturated heterocycles. The van der Waals surface area contributed by atoms with Gasteiger partial charge in [0, 0.05) is 11.4 Å². The number of carbonyl (C=O) groups is 2. The van der Waals surface area contributed by atoms with Gasteiger partial charge in [0.1, 0.15) is 0 Å². The molecular weight excluding hydrogens is 378 g/mol. The number of carbonyl (C=O) groups excluding carboxylic acids is 2. The standard InChI is InChI=1S/C18H19N7O4/c1-10-6-11(2)25-18(21-10)22-16(24-25)17(27)23-20-8-12-4-5-13(14(7-12)28-3)29-9-15(19)26/h4-8H,9H2,1-3H3,(H2,19,26)(H,23,27). The van der Waals surface area contributed by atoms with E-state index in [9.17, 15) is 9.59 Å². The minimum Gasteiger partial charge on any atom is -0.493 e. The largest absolute Gasteiger partial charge is 0.493 e. The number of nitrogens with two attached hydrogens (primary N) is 1. The van der Waals surface area contributed by atoms with Crippen LogP contribution in [-0.2, 0) is 4.79 Å². The van der Waals surface area contributed by atoms with Crippen LogP contribution in [0.25, 0.3) is 5.78 Å². The quantitative estimate of drug-likeness (QED) is 0.433. The number of ether oxygens (including phenoxy) is 2. The number of nitrogens with zero attached hydrogens (tertiary/aromatic N) is 5. The number of aromatic nitrogens is 4. The van der Waals surface area contributed by atoms with Gasteiger partial charge in [0.25, 0.3) is 11.7 Å². The van der Waals surface area contributed by atoms with E-state index in [0.717, 1.165) is 11.4 Å². The molecular formula is C18H19N7O4. The first-order valence-corrected chi connectivity index (χ1v) is 8.51. The van der Waals surface area contributed by atoms with E-state index in [1.807, 2.05) is 19.9 Å². The van der Waals surface area contributed by atoms with Crippen molar-refractivity contribution < 1.29 is 19.1 Å². The summed E-state index contributed by atoms with van der Waals surface area (Å²) in [6.07, 6.45) is 1.42. The Balaban J connectivity index is 1.70. The van der Waals surface area contributed by atoms with Crippen LogP contribution >= 0.6 is 0 Å². The first kappa shape index (κ1) is 19.7. The topological polar surface area (TPSA) is 146 Å². The number of primary amides is 1. The molecule has 0 fully saturated rings. The highest BCUT2D eigenvalue weighted by atomic mass is 16.5. The summed E-state index contributed by atoms with van der Waals surface area (Å²) in [6.45, 7) is 3.42. The predicted octanol–water partition coefficient (Wildman–Crippen LogP) is 0.378. The van der Waals surface area contributed by atoms with Crippen molar-refractivity contribution in [2.75, 3.05) is 13.7 Å². The molecule has 150 valence electrons. The molecule has 0 radical (unpaired) electrons. The smallest absolute Gasteiger partial charge is 0.311 e. The molecule has 0 unspecified atom stereocenters. The molecule has 11 heteroatoms. The molecule has 0 aliphatic rings. The molecule has 3 N–H and O–H groups in total. The van der Waals surface area contributed by atoms with E-state index < -0.39 is 11.8 Å². The lowest BCUT2D eigenvalue weighted by atomic mass is 10.2. The molecule has 0 atom stereocenters. The van der Waals surface area contributed by atoms with Crippen LogP contribution < -0.4 is 20.6 Å². The molecule has 0 aliphatic heterocycles. The number of amides is 2. The van der Waals surface area contributed by atoms with E-state index in [0.29, 0.717) is 22.8 Å². The number of nitrogens with one attached hydrogen (secondary N) is 1. The van der Waals surface area contributed by atoms with E-state index in [-0.39, 0.29) is 12.4 Å². The number of hydrazone groups is 1. The van der Waals surface area contributed by atoms with E-state index in [2.05, 4.69) is 25.6 Å². The van der Waals surface area contributed by atoms with Gasteiger partial charge >= 0.3 is 5.91 Å². The Morgan fingerprint density at radius 3 is 2.76 bits per heavy atom. The lowest BCUT2D eigenvalue weighted by molar-refractivity contribution is -0.119. The van der Waals surface area contributed by atoms with Crippen molar-refractivity contribution in [3.63, 3.8) is 0 Å². The Kier molecular flexibility index (Phi) is 5.67. The summed E-state index contributed by atoms with van der Waals surface area (Å²) in [4.78, 5) is 31.4. The van der Waals surface area contributed by atoms with Crippen molar-refractivity contribution in [3.05, 3.63) is 47.0 Å². The molecule has 2 amide bonds. The number of hydrogen-bond acceptors (Lipinski definition) is 8. The SMILES string of the molecule is COc1cc(C=NNC(=O)c2nc3nc(C)cc(C)n3n2)ccc1OCC(N)=O. The maximum absolute atomic E-state index is 12.2. The summed E-state index contributed by atoms with van der Waals surface area (Å²) >= 11 is 0. The summed E-state index contributed by atoms with van der Waals surface area (Å²) in [5.41, 5.74) is 9.65. The van der Waals surface area contributed by atoms with Gasteiger partial charge in [-0.15, -0.1) is 5.10 Å². The fourth-order valence-corrected chi connectivity index (χ4v) is 2.51. The molecule has 1 aromatic carbocycles. The van der Waals surface area contributed by atoms with E-state index in [1.165, 1.54) is 17.8 Å². The lowest BCUT2D eigenvalue weighted by Gasteiger charge is -2.09. The zero-order valence-corrected chi connectivity index (χ0v) is 16.0. The fourth-order valence-electron chi connectivity index (χ4n) is 2.51. The van der Waals surface area contributed by atoms with Crippen LogP contribution in [0.4, 0.5) is 0 Å². The first-order chi connectivity index (χ1) is 13.9. The maximum Gasteiger partial charge on any atom is 0.311 e. The Morgan fingerprint density at radius 2 is 2.03 bits per heavy atom. The Bertz CT molecular complexity index is 1110. The van der Waals surface area contributed by atoms with Crippen LogP contribution in [0.15, 0.2) is 29.4 Å². The first-order valence-electron chi connectivity index (χ1n) is 8.51. The van der Waals surface area contributed by atoms with Crippen LogP contribution in [0.2, 0.25) is 0 Å². The Labute approximate surface area is 165 Å². The summed E-state index contributed by atoms with van der Waals surface area (Å²) in [5, 5.41) is 8.04. The third-order valence-corrected chi connectivity index (χ3v) is 3.76.